The Labute approximate surface area is 203 Å². The number of rotatable bonds is 7. The predicted molar refractivity (Wildman–Crippen MR) is 126 cm³/mol. The number of aryl methyl sites for hydroxylation is 1. The van der Waals surface area contributed by atoms with Crippen LogP contribution in [0.4, 0.5) is 5.69 Å². The molecule has 0 bridgehead atoms. The van der Waals surface area contributed by atoms with E-state index in [9.17, 15) is 13.2 Å². The number of carbonyl (C=O) groups excluding carboxylic acids is 1. The summed E-state index contributed by atoms with van der Waals surface area (Å²) in [5, 5.41) is 8.23. The number of nitrogens with one attached hydrogen (secondary N) is 1. The molecule has 4 rings (SSSR count). The van der Waals surface area contributed by atoms with Gasteiger partial charge in [0.05, 0.1) is 29.6 Å². The fraction of sp³-hybridized carbons (Fsp3) is 0.571. The van der Waals surface area contributed by atoms with Gasteiger partial charge < -0.3 is 10.6 Å². The molecule has 3 atom stereocenters. The summed E-state index contributed by atoms with van der Waals surface area (Å²) in [7, 11) is -4.20. The lowest BCUT2D eigenvalue weighted by atomic mass is 9.75. The third-order valence-electron chi connectivity index (χ3n) is 6.59. The van der Waals surface area contributed by atoms with E-state index >= 15 is 0 Å². The molecule has 1 saturated heterocycles. The van der Waals surface area contributed by atoms with Gasteiger partial charge in [-0.25, -0.2) is 8.42 Å². The molecule has 180 valence electrons. The van der Waals surface area contributed by atoms with Gasteiger partial charge in [-0.2, -0.15) is 19.7 Å². The lowest BCUT2D eigenvalue weighted by Gasteiger charge is -2.42. The number of anilines is 1. The van der Waals surface area contributed by atoms with Gasteiger partial charge in [-0.15, -0.1) is 0 Å². The number of aromatic nitrogens is 3. The van der Waals surface area contributed by atoms with Gasteiger partial charge in [0.25, 0.3) is 0 Å². The molecule has 0 spiro atoms. The van der Waals surface area contributed by atoms with Crippen LogP contribution in [0.1, 0.15) is 38.5 Å². The molecule has 33 heavy (non-hydrogen) atoms. The minimum absolute atomic E-state index is 0.0806. The average Bonchev–Trinajstić information content (AvgIpc) is 3.28. The molecule has 1 saturated carbocycles. The first-order valence-electron chi connectivity index (χ1n) is 11.1. The van der Waals surface area contributed by atoms with E-state index in [1.54, 1.807) is 4.90 Å². The third kappa shape index (κ3) is 5.62. The molecule has 1 amide bonds. The standard InChI is InChI=1S/C21H28Cl2N6O3S/c22-16-11-17(23)20(18(24)12-16)33(31,32)27-19(6-10-29-25-7-8-26-29)21(30)28-9-5-14-3-1-2-4-15(14)13-28/h7-8,11-12,14-15,19,27H,1-6,9-10,13,24H2/t14-,15+,19?/m1/s1. The van der Waals surface area contributed by atoms with Gasteiger partial charge in [-0.3, -0.25) is 4.79 Å². The van der Waals surface area contributed by atoms with Gasteiger partial charge in [0.1, 0.15) is 10.9 Å². The van der Waals surface area contributed by atoms with Gasteiger partial charge in [0, 0.05) is 18.1 Å². The van der Waals surface area contributed by atoms with Crippen LogP contribution in [0.15, 0.2) is 29.4 Å². The fourth-order valence-corrected chi connectivity index (χ4v) is 7.18. The molecule has 2 aliphatic rings. The number of amides is 1. The van der Waals surface area contributed by atoms with Crippen molar-refractivity contribution in [3.05, 3.63) is 34.6 Å². The lowest BCUT2D eigenvalue weighted by Crippen LogP contribution is -2.53. The first-order valence-corrected chi connectivity index (χ1v) is 13.4. The zero-order chi connectivity index (χ0) is 23.6. The molecule has 12 heteroatoms. The molecule has 1 aliphatic carbocycles. The normalized spacial score (nSPS) is 22.1. The Bertz CT molecular complexity index is 1070. The largest absolute Gasteiger partial charge is 0.398 e. The van der Waals surface area contributed by atoms with Crippen molar-refractivity contribution in [2.75, 3.05) is 18.8 Å². The third-order valence-corrected chi connectivity index (χ3v) is 8.80. The van der Waals surface area contributed by atoms with Crippen molar-refractivity contribution in [3.8, 4) is 0 Å². The van der Waals surface area contributed by atoms with Crippen LogP contribution in [-0.4, -0.2) is 53.4 Å². The zero-order valence-corrected chi connectivity index (χ0v) is 20.5. The van der Waals surface area contributed by atoms with Crippen molar-refractivity contribution in [3.63, 3.8) is 0 Å². The van der Waals surface area contributed by atoms with Crippen LogP contribution in [0.2, 0.25) is 10.0 Å². The number of nitrogens with zero attached hydrogens (tertiary/aromatic N) is 4. The maximum atomic E-state index is 13.5. The summed E-state index contributed by atoms with van der Waals surface area (Å²) in [5.74, 6) is 0.875. The maximum Gasteiger partial charge on any atom is 0.244 e. The highest BCUT2D eigenvalue weighted by Gasteiger charge is 2.37. The first kappa shape index (κ1) is 24.3. The zero-order valence-electron chi connectivity index (χ0n) is 18.2. The summed E-state index contributed by atoms with van der Waals surface area (Å²) in [6, 6.07) is 1.62. The van der Waals surface area contributed by atoms with Gasteiger partial charge in [-0.1, -0.05) is 42.5 Å². The number of nitrogen functional groups attached to an aromatic ring is 1. The van der Waals surface area contributed by atoms with Crippen LogP contribution in [-0.2, 0) is 21.4 Å². The molecular formula is C21H28Cl2N6O3S. The molecule has 9 nitrogen and oxygen atoms in total. The smallest absolute Gasteiger partial charge is 0.244 e. The Kier molecular flexibility index (Phi) is 7.47. The topological polar surface area (TPSA) is 123 Å². The van der Waals surface area contributed by atoms with Crippen LogP contribution >= 0.6 is 23.2 Å². The summed E-state index contributed by atoms with van der Waals surface area (Å²) in [5.41, 5.74) is 5.84. The SMILES string of the molecule is Nc1cc(Cl)cc(Cl)c1S(=O)(=O)NC(CCn1nccn1)C(=O)N1CC[C@H]2CCCC[C@H]2C1. The van der Waals surface area contributed by atoms with Gasteiger partial charge >= 0.3 is 0 Å². The number of carbonyl (C=O) groups is 1. The Hall–Kier alpha value is -1.88. The molecule has 2 aromatic rings. The summed E-state index contributed by atoms with van der Waals surface area (Å²) in [6.07, 6.45) is 8.94. The first-order chi connectivity index (χ1) is 15.7. The summed E-state index contributed by atoms with van der Waals surface area (Å²) in [4.78, 5) is 16.5. The quantitative estimate of drug-likeness (QED) is 0.547. The van der Waals surface area contributed by atoms with E-state index < -0.39 is 16.1 Å². The molecule has 1 aromatic carbocycles. The highest BCUT2D eigenvalue weighted by Crippen LogP contribution is 2.36. The van der Waals surface area contributed by atoms with E-state index in [1.807, 2.05) is 0 Å². The van der Waals surface area contributed by atoms with E-state index in [0.29, 0.717) is 24.9 Å². The molecule has 1 unspecified atom stereocenters. The van der Waals surface area contributed by atoms with Gasteiger partial charge in [-0.05, 0) is 43.2 Å². The second-order valence-corrected chi connectivity index (χ2v) is 11.3. The van der Waals surface area contributed by atoms with Gasteiger partial charge in [0.15, 0.2) is 0 Å². The summed E-state index contributed by atoms with van der Waals surface area (Å²) < 4.78 is 29.0. The number of fused-ring (bicyclic) bond motifs is 1. The van der Waals surface area contributed by atoms with Crippen molar-refractivity contribution in [1.82, 2.24) is 24.6 Å². The molecule has 3 N–H and O–H groups in total. The number of sulfonamides is 1. The van der Waals surface area contributed by atoms with Crippen molar-refractivity contribution in [2.24, 2.45) is 11.8 Å². The number of halogens is 2. The Morgan fingerprint density at radius 3 is 2.55 bits per heavy atom. The molecule has 2 heterocycles. The minimum Gasteiger partial charge on any atom is -0.398 e. The molecule has 2 fully saturated rings. The van der Waals surface area contributed by atoms with E-state index in [0.717, 1.165) is 12.8 Å². The Morgan fingerprint density at radius 2 is 1.85 bits per heavy atom. The Balaban J connectivity index is 1.56. The Morgan fingerprint density at radius 1 is 1.15 bits per heavy atom. The van der Waals surface area contributed by atoms with E-state index in [1.165, 1.54) is 48.6 Å². The average molecular weight is 515 g/mol. The highest BCUT2D eigenvalue weighted by atomic mass is 35.5. The van der Waals surface area contributed by atoms with Crippen molar-refractivity contribution < 1.29 is 13.2 Å². The minimum atomic E-state index is -4.20. The second-order valence-electron chi connectivity index (χ2n) is 8.77. The molecule has 0 radical (unpaired) electrons. The van der Waals surface area contributed by atoms with Crippen LogP contribution in [0.3, 0.4) is 0 Å². The number of nitrogens with two attached hydrogens (primary N) is 1. The van der Waals surface area contributed by atoms with Crippen LogP contribution < -0.4 is 10.5 Å². The predicted octanol–water partition coefficient (Wildman–Crippen LogP) is 2.94. The highest BCUT2D eigenvalue weighted by molar-refractivity contribution is 7.89. The van der Waals surface area contributed by atoms with Crippen LogP contribution in [0.5, 0.6) is 0 Å². The number of hydrogen-bond donors (Lipinski definition) is 2. The fourth-order valence-electron chi connectivity index (χ4n) is 4.97. The maximum absolute atomic E-state index is 13.5. The van der Waals surface area contributed by atoms with Crippen LogP contribution in [0.25, 0.3) is 0 Å². The van der Waals surface area contributed by atoms with Gasteiger partial charge in [0.2, 0.25) is 15.9 Å². The number of hydrogen-bond acceptors (Lipinski definition) is 6. The summed E-state index contributed by atoms with van der Waals surface area (Å²) >= 11 is 12.1. The van der Waals surface area contributed by atoms with Crippen molar-refractivity contribution in [2.45, 2.75) is 56.0 Å². The number of benzene rings is 1. The van der Waals surface area contributed by atoms with E-state index in [2.05, 4.69) is 14.9 Å². The van der Waals surface area contributed by atoms with Crippen molar-refractivity contribution >= 4 is 44.8 Å². The number of likely N-dealkylation sites (tertiary alicyclic amines) is 1. The lowest BCUT2D eigenvalue weighted by molar-refractivity contribution is -0.136. The van der Waals surface area contributed by atoms with E-state index in [-0.39, 0.29) is 39.5 Å². The van der Waals surface area contributed by atoms with E-state index in [4.69, 9.17) is 28.9 Å². The second kappa shape index (κ2) is 10.2. The number of piperidine rings is 1. The van der Waals surface area contributed by atoms with Crippen LogP contribution in [0, 0.1) is 11.8 Å². The molecule has 1 aliphatic heterocycles. The molecule has 1 aromatic heterocycles. The monoisotopic (exact) mass is 514 g/mol. The molecular weight excluding hydrogens is 487 g/mol. The van der Waals surface area contributed by atoms with Crippen molar-refractivity contribution in [1.29, 1.82) is 0 Å². The summed E-state index contributed by atoms with van der Waals surface area (Å²) in [6.45, 7) is 1.56.